The lowest BCUT2D eigenvalue weighted by atomic mass is 10.2. The quantitative estimate of drug-likeness (QED) is 0.354. The molecule has 0 aliphatic heterocycles. The molecule has 0 radical (unpaired) electrons. The smallest absolute Gasteiger partial charge is 0.201 e. The summed E-state index contributed by atoms with van der Waals surface area (Å²) in [5.41, 5.74) is 1.41. The number of methoxy groups -OCH3 is 1. The third-order valence-corrected chi connectivity index (χ3v) is 2.60. The maximum Gasteiger partial charge on any atom is 0.201 e. The molecule has 0 saturated heterocycles. The van der Waals surface area contributed by atoms with Gasteiger partial charge in [0.15, 0.2) is 0 Å². The van der Waals surface area contributed by atoms with Gasteiger partial charge in [0.25, 0.3) is 0 Å². The summed E-state index contributed by atoms with van der Waals surface area (Å²) >= 11 is 0. The Balaban J connectivity index is 1.92. The lowest BCUT2D eigenvalue weighted by Gasteiger charge is -1.99. The molecule has 106 valence electrons. The van der Waals surface area contributed by atoms with Gasteiger partial charge in [0.2, 0.25) is 6.40 Å². The molecule has 0 spiro atoms. The van der Waals surface area contributed by atoms with Crippen molar-refractivity contribution in [2.45, 2.75) is 0 Å². The van der Waals surface area contributed by atoms with Crippen LogP contribution in [0.5, 0.6) is 11.5 Å². The van der Waals surface area contributed by atoms with E-state index in [2.05, 4.69) is 10.2 Å². The summed E-state index contributed by atoms with van der Waals surface area (Å²) < 4.78 is 10.4. The second-order valence-electron chi connectivity index (χ2n) is 4.05. The first kappa shape index (κ1) is 14.5. The highest BCUT2D eigenvalue weighted by Gasteiger charge is 1.94. The van der Waals surface area contributed by atoms with Crippen molar-refractivity contribution in [3.63, 3.8) is 0 Å². The second-order valence-corrected chi connectivity index (χ2v) is 4.05. The normalized spacial score (nSPS) is 10.9. The van der Waals surface area contributed by atoms with Gasteiger partial charge in [0.05, 0.1) is 13.3 Å². The molecule has 0 aliphatic rings. The van der Waals surface area contributed by atoms with Gasteiger partial charge < -0.3 is 9.47 Å². The van der Waals surface area contributed by atoms with Crippen molar-refractivity contribution in [2.75, 3.05) is 7.11 Å². The summed E-state index contributed by atoms with van der Waals surface area (Å²) in [6, 6.07) is 14.2. The fourth-order valence-corrected chi connectivity index (χ4v) is 1.59. The minimum Gasteiger partial charge on any atom is -0.497 e. The maximum atomic E-state index is 10.6. The van der Waals surface area contributed by atoms with Crippen LogP contribution in [0.3, 0.4) is 0 Å². The van der Waals surface area contributed by atoms with Crippen molar-refractivity contribution in [3.05, 3.63) is 59.7 Å². The van der Waals surface area contributed by atoms with Crippen LogP contribution in [0, 0.1) is 0 Å². The van der Waals surface area contributed by atoms with E-state index >= 15 is 0 Å². The van der Waals surface area contributed by atoms with Crippen molar-refractivity contribution in [1.82, 2.24) is 0 Å². The van der Waals surface area contributed by atoms with E-state index in [1.54, 1.807) is 37.6 Å². The number of hydrogen-bond acceptors (Lipinski definition) is 5. The molecule has 5 heteroatoms. The van der Waals surface area contributed by atoms with Crippen LogP contribution in [0.1, 0.15) is 15.9 Å². The van der Waals surface area contributed by atoms with E-state index in [0.717, 1.165) is 17.6 Å². The molecule has 5 nitrogen and oxygen atoms in total. The van der Waals surface area contributed by atoms with Crippen LogP contribution in [-0.2, 0) is 0 Å². The zero-order valence-electron chi connectivity index (χ0n) is 11.5. The average Bonchev–Trinajstić information content (AvgIpc) is 2.55. The van der Waals surface area contributed by atoms with Crippen LogP contribution in [0.15, 0.2) is 58.7 Å². The summed E-state index contributed by atoms with van der Waals surface area (Å²) in [6.07, 6.45) is 3.55. The van der Waals surface area contributed by atoms with Gasteiger partial charge in [-0.3, -0.25) is 4.79 Å². The Labute approximate surface area is 122 Å². The van der Waals surface area contributed by atoms with E-state index in [-0.39, 0.29) is 0 Å². The third kappa shape index (κ3) is 4.58. The van der Waals surface area contributed by atoms with Gasteiger partial charge in [-0.05, 0) is 29.8 Å². The van der Waals surface area contributed by atoms with Gasteiger partial charge in [-0.1, -0.05) is 24.3 Å². The van der Waals surface area contributed by atoms with Crippen LogP contribution >= 0.6 is 0 Å². The summed E-state index contributed by atoms with van der Waals surface area (Å²) in [5, 5.41) is 7.64. The molecule has 2 aromatic carbocycles. The first-order valence-electron chi connectivity index (χ1n) is 6.22. The molecule has 2 rings (SSSR count). The first-order valence-corrected chi connectivity index (χ1v) is 6.22. The molecule has 0 amide bonds. The van der Waals surface area contributed by atoms with Crippen LogP contribution in [0.4, 0.5) is 0 Å². The molecule has 0 heterocycles. The Morgan fingerprint density at radius 3 is 2.43 bits per heavy atom. The van der Waals surface area contributed by atoms with E-state index in [1.165, 1.54) is 6.40 Å². The number of ether oxygens (including phenoxy) is 2. The fraction of sp³-hybridized carbons (Fsp3) is 0.0625. The van der Waals surface area contributed by atoms with Crippen molar-refractivity contribution >= 4 is 18.9 Å². The second kappa shape index (κ2) is 7.59. The van der Waals surface area contributed by atoms with Crippen molar-refractivity contribution < 1.29 is 14.3 Å². The van der Waals surface area contributed by atoms with Crippen molar-refractivity contribution in [1.29, 1.82) is 0 Å². The number of rotatable bonds is 6. The molecule has 0 unspecified atom stereocenters. The van der Waals surface area contributed by atoms with Gasteiger partial charge >= 0.3 is 0 Å². The molecule has 21 heavy (non-hydrogen) atoms. The summed E-state index contributed by atoms with van der Waals surface area (Å²) in [4.78, 5) is 10.6. The van der Waals surface area contributed by atoms with Crippen LogP contribution < -0.4 is 9.47 Å². The van der Waals surface area contributed by atoms with Gasteiger partial charge in [-0.15, -0.1) is 5.10 Å². The molecular weight excluding hydrogens is 268 g/mol. The number of benzene rings is 2. The zero-order valence-corrected chi connectivity index (χ0v) is 11.5. The highest BCUT2D eigenvalue weighted by atomic mass is 16.5. The van der Waals surface area contributed by atoms with Gasteiger partial charge in [-0.25, -0.2) is 0 Å². The Bertz CT molecular complexity index is 666. The predicted octanol–water partition coefficient (Wildman–Crippen LogP) is 2.95. The van der Waals surface area contributed by atoms with Crippen LogP contribution in [0.2, 0.25) is 0 Å². The van der Waals surface area contributed by atoms with Crippen molar-refractivity contribution in [3.8, 4) is 11.5 Å². The van der Waals surface area contributed by atoms with E-state index in [4.69, 9.17) is 9.47 Å². The maximum absolute atomic E-state index is 10.6. The predicted molar refractivity (Wildman–Crippen MR) is 81.5 cm³/mol. The minimum atomic E-state index is 0.528. The Hall–Kier alpha value is -2.95. The van der Waals surface area contributed by atoms with Gasteiger partial charge in [0, 0.05) is 5.56 Å². The molecule has 0 atom stereocenters. The van der Waals surface area contributed by atoms with Gasteiger partial charge in [0.1, 0.15) is 17.8 Å². The fourth-order valence-electron chi connectivity index (χ4n) is 1.59. The molecule has 0 fully saturated rings. The number of carbonyl (C=O) groups excluding carboxylic acids is 1. The SMILES string of the molecule is COc1cccc(/C=N/N=C/Oc2cccc(C=O)c2)c1. The Kier molecular flexibility index (Phi) is 5.23. The van der Waals surface area contributed by atoms with E-state index in [1.807, 2.05) is 24.3 Å². The average molecular weight is 282 g/mol. The molecule has 0 N–H and O–H groups in total. The summed E-state index contributed by atoms with van der Waals surface area (Å²) in [6.45, 7) is 0. The largest absolute Gasteiger partial charge is 0.497 e. The first-order chi connectivity index (χ1) is 10.3. The minimum absolute atomic E-state index is 0.528. The number of hydrogen-bond donors (Lipinski definition) is 0. The van der Waals surface area contributed by atoms with Crippen molar-refractivity contribution in [2.24, 2.45) is 10.2 Å². The third-order valence-electron chi connectivity index (χ3n) is 2.60. The molecular formula is C16H14N2O3. The number of nitrogens with zero attached hydrogens (tertiary/aromatic N) is 2. The molecule has 0 aliphatic carbocycles. The lowest BCUT2D eigenvalue weighted by Crippen LogP contribution is -1.90. The lowest BCUT2D eigenvalue weighted by molar-refractivity contribution is 0.112. The zero-order chi connectivity index (χ0) is 14.9. The number of carbonyl (C=O) groups is 1. The standard InChI is InChI=1S/C16H14N2O3/c1-20-15-6-2-4-13(8-15)10-17-18-12-21-16-7-3-5-14(9-16)11-19/h2-12H,1H3/b17-10+,18-12+. The summed E-state index contributed by atoms with van der Waals surface area (Å²) in [5.74, 6) is 1.28. The monoisotopic (exact) mass is 282 g/mol. The molecule has 2 aromatic rings. The van der Waals surface area contributed by atoms with Crippen LogP contribution in [0.25, 0.3) is 0 Å². The topological polar surface area (TPSA) is 60.3 Å². The highest BCUT2D eigenvalue weighted by molar-refractivity contribution is 5.80. The van der Waals surface area contributed by atoms with Crippen LogP contribution in [-0.4, -0.2) is 26.0 Å². The van der Waals surface area contributed by atoms with E-state index in [0.29, 0.717) is 11.3 Å². The van der Waals surface area contributed by atoms with Gasteiger partial charge in [-0.2, -0.15) is 5.10 Å². The van der Waals surface area contributed by atoms with E-state index in [9.17, 15) is 4.79 Å². The Morgan fingerprint density at radius 2 is 1.67 bits per heavy atom. The molecule has 0 saturated carbocycles. The summed E-state index contributed by atoms with van der Waals surface area (Å²) in [7, 11) is 1.61. The Morgan fingerprint density at radius 1 is 0.952 bits per heavy atom. The number of aldehydes is 1. The highest BCUT2D eigenvalue weighted by Crippen LogP contribution is 2.11. The molecule has 0 bridgehead atoms. The van der Waals surface area contributed by atoms with E-state index < -0.39 is 0 Å². The molecule has 0 aromatic heterocycles.